The first-order chi connectivity index (χ1) is 8.11. The molecule has 0 aromatic carbocycles. The van der Waals surface area contributed by atoms with Gasteiger partial charge in [0.1, 0.15) is 5.82 Å². The van der Waals surface area contributed by atoms with E-state index < -0.39 is 0 Å². The van der Waals surface area contributed by atoms with E-state index in [4.69, 9.17) is 10.7 Å². The van der Waals surface area contributed by atoms with Crippen molar-refractivity contribution < 1.29 is 0 Å². The summed E-state index contributed by atoms with van der Waals surface area (Å²) in [7, 11) is 2.15. The van der Waals surface area contributed by atoms with Crippen LogP contribution in [0.2, 0.25) is 0 Å². The van der Waals surface area contributed by atoms with Crippen molar-refractivity contribution in [2.24, 2.45) is 5.73 Å². The van der Waals surface area contributed by atoms with Crippen LogP contribution >= 0.6 is 0 Å². The van der Waals surface area contributed by atoms with Crippen LogP contribution in [-0.2, 0) is 6.54 Å². The lowest BCUT2D eigenvalue weighted by atomic mass is 9.92. The summed E-state index contributed by atoms with van der Waals surface area (Å²) in [6.07, 6.45) is 3.94. The van der Waals surface area contributed by atoms with Gasteiger partial charge in [-0.2, -0.15) is 0 Å². The average Bonchev–Trinajstić information content (AvgIpc) is 2.25. The molecule has 2 N–H and O–H groups in total. The summed E-state index contributed by atoms with van der Waals surface area (Å²) in [4.78, 5) is 7.07. The monoisotopic (exact) mass is 233 g/mol. The first-order valence-corrected chi connectivity index (χ1v) is 6.55. The largest absolute Gasteiger partial charge is 0.357 e. The van der Waals surface area contributed by atoms with Crippen molar-refractivity contribution in [1.82, 2.24) is 4.98 Å². The molecule has 0 saturated heterocycles. The number of hydrogen-bond acceptors (Lipinski definition) is 3. The third-order valence-corrected chi connectivity index (χ3v) is 3.70. The lowest BCUT2D eigenvalue weighted by Gasteiger charge is -2.36. The van der Waals surface area contributed by atoms with Crippen LogP contribution in [-0.4, -0.2) is 18.1 Å². The van der Waals surface area contributed by atoms with Gasteiger partial charge in [0.15, 0.2) is 0 Å². The van der Waals surface area contributed by atoms with Gasteiger partial charge in [-0.1, -0.05) is 13.8 Å². The van der Waals surface area contributed by atoms with Gasteiger partial charge in [0.25, 0.3) is 0 Å². The molecular formula is C14H23N3. The standard InChI is InChI=1S/C14H23N3/c1-10(2)13-7-11(9-15)8-14(16-13)17(3)12-5-4-6-12/h7-8,10,12H,4-6,9,15H2,1-3H3. The third-order valence-electron chi connectivity index (χ3n) is 3.70. The topological polar surface area (TPSA) is 42.1 Å². The van der Waals surface area contributed by atoms with Crippen LogP contribution in [0.3, 0.4) is 0 Å². The molecule has 0 radical (unpaired) electrons. The van der Waals surface area contributed by atoms with E-state index in [0.29, 0.717) is 18.5 Å². The quantitative estimate of drug-likeness (QED) is 0.869. The maximum absolute atomic E-state index is 5.76. The Morgan fingerprint density at radius 3 is 2.59 bits per heavy atom. The highest BCUT2D eigenvalue weighted by Crippen LogP contribution is 2.28. The number of anilines is 1. The van der Waals surface area contributed by atoms with Gasteiger partial charge < -0.3 is 10.6 Å². The Morgan fingerprint density at radius 2 is 2.12 bits per heavy atom. The molecule has 0 unspecified atom stereocenters. The highest BCUT2D eigenvalue weighted by molar-refractivity contribution is 5.44. The Bertz CT molecular complexity index is 383. The van der Waals surface area contributed by atoms with Crippen molar-refractivity contribution in [2.45, 2.75) is 51.6 Å². The molecule has 1 aliphatic carbocycles. The van der Waals surface area contributed by atoms with Gasteiger partial charge in [-0.25, -0.2) is 4.98 Å². The van der Waals surface area contributed by atoms with Gasteiger partial charge in [0.2, 0.25) is 0 Å². The SMILES string of the molecule is CC(C)c1cc(CN)cc(N(C)C2CCC2)n1. The fourth-order valence-corrected chi connectivity index (χ4v) is 2.15. The second-order valence-electron chi connectivity index (χ2n) is 5.31. The van der Waals surface area contributed by atoms with E-state index in [-0.39, 0.29) is 0 Å². The number of nitrogens with zero attached hydrogens (tertiary/aromatic N) is 2. The number of pyridine rings is 1. The second kappa shape index (κ2) is 5.05. The smallest absolute Gasteiger partial charge is 0.129 e. The highest BCUT2D eigenvalue weighted by atomic mass is 15.2. The molecular weight excluding hydrogens is 210 g/mol. The summed E-state index contributed by atoms with van der Waals surface area (Å²) in [6.45, 7) is 4.94. The van der Waals surface area contributed by atoms with E-state index in [0.717, 1.165) is 11.5 Å². The molecule has 94 valence electrons. The van der Waals surface area contributed by atoms with Gasteiger partial charge in [-0.3, -0.25) is 0 Å². The molecule has 1 heterocycles. The minimum absolute atomic E-state index is 0.454. The molecule has 3 heteroatoms. The van der Waals surface area contributed by atoms with Crippen molar-refractivity contribution >= 4 is 5.82 Å². The molecule has 0 bridgehead atoms. The Labute approximate surface area is 104 Å². The molecule has 17 heavy (non-hydrogen) atoms. The number of rotatable bonds is 4. The normalized spacial score (nSPS) is 16.1. The summed E-state index contributed by atoms with van der Waals surface area (Å²) >= 11 is 0. The molecule has 0 spiro atoms. The van der Waals surface area contributed by atoms with E-state index >= 15 is 0 Å². The van der Waals surface area contributed by atoms with Gasteiger partial charge >= 0.3 is 0 Å². The van der Waals surface area contributed by atoms with Crippen molar-refractivity contribution in [2.75, 3.05) is 11.9 Å². The Kier molecular flexibility index (Phi) is 3.67. The molecule has 2 rings (SSSR count). The zero-order valence-electron chi connectivity index (χ0n) is 11.1. The first-order valence-electron chi connectivity index (χ1n) is 6.55. The van der Waals surface area contributed by atoms with Crippen molar-refractivity contribution in [3.8, 4) is 0 Å². The molecule has 1 aliphatic rings. The number of aromatic nitrogens is 1. The molecule has 1 saturated carbocycles. The van der Waals surface area contributed by atoms with Crippen LogP contribution in [0.25, 0.3) is 0 Å². The van der Waals surface area contributed by atoms with E-state index in [1.54, 1.807) is 0 Å². The summed E-state index contributed by atoms with van der Waals surface area (Å²) in [5.41, 5.74) is 8.10. The number of nitrogens with two attached hydrogens (primary N) is 1. The fraction of sp³-hybridized carbons (Fsp3) is 0.643. The lowest BCUT2D eigenvalue weighted by Crippen LogP contribution is -2.37. The van der Waals surface area contributed by atoms with E-state index in [1.165, 1.54) is 24.8 Å². The predicted octanol–water partition coefficient (Wildman–Crippen LogP) is 2.65. The van der Waals surface area contributed by atoms with Gasteiger partial charge in [-0.05, 0) is 42.9 Å². The van der Waals surface area contributed by atoms with E-state index in [9.17, 15) is 0 Å². The van der Waals surface area contributed by atoms with Crippen LogP contribution in [0.5, 0.6) is 0 Å². The van der Waals surface area contributed by atoms with Crippen LogP contribution in [0.15, 0.2) is 12.1 Å². The molecule has 0 amide bonds. The zero-order valence-corrected chi connectivity index (χ0v) is 11.1. The molecule has 0 aliphatic heterocycles. The minimum Gasteiger partial charge on any atom is -0.357 e. The van der Waals surface area contributed by atoms with Crippen molar-refractivity contribution in [1.29, 1.82) is 0 Å². The highest BCUT2D eigenvalue weighted by Gasteiger charge is 2.23. The van der Waals surface area contributed by atoms with Crippen molar-refractivity contribution in [3.05, 3.63) is 23.4 Å². The summed E-state index contributed by atoms with van der Waals surface area (Å²) in [5.74, 6) is 1.54. The lowest BCUT2D eigenvalue weighted by molar-refractivity contribution is 0.399. The van der Waals surface area contributed by atoms with Gasteiger partial charge in [0, 0.05) is 25.3 Å². The van der Waals surface area contributed by atoms with Crippen LogP contribution in [0.1, 0.15) is 50.3 Å². The summed E-state index contributed by atoms with van der Waals surface area (Å²) in [6, 6.07) is 4.93. The zero-order chi connectivity index (χ0) is 12.4. The van der Waals surface area contributed by atoms with Crippen LogP contribution in [0, 0.1) is 0 Å². The summed E-state index contributed by atoms with van der Waals surface area (Å²) < 4.78 is 0. The maximum Gasteiger partial charge on any atom is 0.129 e. The predicted molar refractivity (Wildman–Crippen MR) is 72.3 cm³/mol. The van der Waals surface area contributed by atoms with Gasteiger partial charge in [-0.15, -0.1) is 0 Å². The first kappa shape index (κ1) is 12.4. The fourth-order valence-electron chi connectivity index (χ4n) is 2.15. The molecule has 1 fully saturated rings. The molecule has 1 aromatic heterocycles. The van der Waals surface area contributed by atoms with E-state index in [2.05, 4.69) is 37.9 Å². The maximum atomic E-state index is 5.76. The van der Waals surface area contributed by atoms with Crippen LogP contribution in [0.4, 0.5) is 5.82 Å². The molecule has 3 nitrogen and oxygen atoms in total. The Hall–Kier alpha value is -1.09. The second-order valence-corrected chi connectivity index (χ2v) is 5.31. The van der Waals surface area contributed by atoms with Crippen LogP contribution < -0.4 is 10.6 Å². The Morgan fingerprint density at radius 1 is 1.41 bits per heavy atom. The molecule has 0 atom stereocenters. The van der Waals surface area contributed by atoms with Crippen molar-refractivity contribution in [3.63, 3.8) is 0 Å². The Balaban J connectivity index is 2.28. The van der Waals surface area contributed by atoms with Gasteiger partial charge in [0.05, 0.1) is 0 Å². The summed E-state index contributed by atoms with van der Waals surface area (Å²) in [5, 5.41) is 0. The van der Waals surface area contributed by atoms with E-state index in [1.807, 2.05) is 0 Å². The third kappa shape index (κ3) is 2.60. The number of hydrogen-bond donors (Lipinski definition) is 1. The molecule has 1 aromatic rings. The average molecular weight is 233 g/mol. The minimum atomic E-state index is 0.454.